The minimum absolute atomic E-state index is 0. The van der Waals surface area contributed by atoms with Crippen molar-refractivity contribution in [1.29, 1.82) is 0 Å². The molecule has 0 radical (unpaired) electrons. The van der Waals surface area contributed by atoms with Gasteiger partial charge in [0.25, 0.3) is 0 Å². The van der Waals surface area contributed by atoms with Crippen LogP contribution in [0.4, 0.5) is 0 Å². The molecule has 1 aromatic rings. The summed E-state index contributed by atoms with van der Waals surface area (Å²) >= 11 is 3.50. The van der Waals surface area contributed by atoms with E-state index in [-0.39, 0.29) is 23.8 Å². The van der Waals surface area contributed by atoms with E-state index in [4.69, 9.17) is 4.74 Å². The van der Waals surface area contributed by atoms with Gasteiger partial charge in [0.05, 0.1) is 13.7 Å². The van der Waals surface area contributed by atoms with E-state index >= 15 is 0 Å². The summed E-state index contributed by atoms with van der Waals surface area (Å²) in [7, 11) is 1.44. The fourth-order valence-electron chi connectivity index (χ4n) is 2.85. The highest BCUT2D eigenvalue weighted by molar-refractivity contribution is 9.10. The number of carbonyl (C=O) groups is 1. The molecule has 1 atom stereocenters. The monoisotopic (exact) mass is 390 g/mol. The zero-order chi connectivity index (χ0) is 15.3. The van der Waals surface area contributed by atoms with Crippen LogP contribution in [0.15, 0.2) is 28.7 Å². The van der Waals surface area contributed by atoms with Gasteiger partial charge in [-0.05, 0) is 36.1 Å². The lowest BCUT2D eigenvalue weighted by Gasteiger charge is -2.31. The molecule has 0 bridgehead atoms. The first-order chi connectivity index (χ1) is 10.0. The van der Waals surface area contributed by atoms with Gasteiger partial charge >= 0.3 is 5.97 Å². The van der Waals surface area contributed by atoms with E-state index in [9.17, 15) is 4.79 Å². The van der Waals surface area contributed by atoms with Crippen molar-refractivity contribution < 1.29 is 9.53 Å². The minimum atomic E-state index is -0.181. The average Bonchev–Trinajstić information content (AvgIpc) is 2.85. The Balaban J connectivity index is 0.00000242. The Morgan fingerprint density at radius 2 is 2.27 bits per heavy atom. The van der Waals surface area contributed by atoms with Gasteiger partial charge in [-0.1, -0.05) is 35.0 Å². The zero-order valence-electron chi connectivity index (χ0n) is 13.1. The molecule has 22 heavy (non-hydrogen) atoms. The summed E-state index contributed by atoms with van der Waals surface area (Å²) in [5, 5.41) is 3.41. The van der Waals surface area contributed by atoms with Crippen LogP contribution in [0.1, 0.15) is 18.9 Å². The predicted octanol–water partition coefficient (Wildman–Crippen LogP) is 2.85. The Hall–Kier alpha value is -0.620. The molecule has 0 saturated carbocycles. The van der Waals surface area contributed by atoms with Crippen molar-refractivity contribution in [3.63, 3.8) is 0 Å². The molecule has 1 N–H and O–H groups in total. The van der Waals surface area contributed by atoms with Crippen molar-refractivity contribution in [1.82, 2.24) is 10.2 Å². The van der Waals surface area contributed by atoms with E-state index in [0.717, 1.165) is 37.1 Å². The smallest absolute Gasteiger partial charge is 0.319 e. The largest absolute Gasteiger partial charge is 0.468 e. The normalized spacial score (nSPS) is 20.7. The maximum absolute atomic E-state index is 11.7. The number of benzene rings is 1. The molecule has 0 spiro atoms. The van der Waals surface area contributed by atoms with E-state index in [1.165, 1.54) is 12.7 Å². The second-order valence-electron chi connectivity index (χ2n) is 6.09. The van der Waals surface area contributed by atoms with Gasteiger partial charge in [-0.3, -0.25) is 9.69 Å². The Labute approximate surface area is 147 Å². The van der Waals surface area contributed by atoms with Crippen LogP contribution in [-0.2, 0) is 16.1 Å². The van der Waals surface area contributed by atoms with Crippen LogP contribution in [0.5, 0.6) is 0 Å². The van der Waals surface area contributed by atoms with E-state index in [2.05, 4.69) is 45.2 Å². The van der Waals surface area contributed by atoms with Gasteiger partial charge < -0.3 is 10.1 Å². The second-order valence-corrected chi connectivity index (χ2v) is 7.00. The molecule has 1 aliphatic heterocycles. The Morgan fingerprint density at radius 1 is 1.50 bits per heavy atom. The molecule has 124 valence electrons. The van der Waals surface area contributed by atoms with E-state index < -0.39 is 0 Å². The molecule has 0 amide bonds. The molecule has 4 nitrogen and oxygen atoms in total. The molecule has 1 aliphatic rings. The van der Waals surface area contributed by atoms with Crippen LogP contribution in [0.25, 0.3) is 0 Å². The molecule has 6 heteroatoms. The van der Waals surface area contributed by atoms with Crippen LogP contribution in [0.3, 0.4) is 0 Å². The SMILES string of the molecule is COC(=O)CN(Cc1cccc(Br)c1)CC1(C)CCNC1.Cl. The summed E-state index contributed by atoms with van der Waals surface area (Å²) in [6.07, 6.45) is 1.14. The lowest BCUT2D eigenvalue weighted by Crippen LogP contribution is -2.40. The molecular formula is C16H24BrClN2O2. The van der Waals surface area contributed by atoms with E-state index in [1.54, 1.807) is 0 Å². The summed E-state index contributed by atoms with van der Waals surface area (Å²) in [5.41, 5.74) is 1.42. The fourth-order valence-corrected chi connectivity index (χ4v) is 3.30. The van der Waals surface area contributed by atoms with E-state index in [0.29, 0.717) is 6.54 Å². The lowest BCUT2D eigenvalue weighted by molar-refractivity contribution is -0.142. The van der Waals surface area contributed by atoms with Gasteiger partial charge in [0.2, 0.25) is 0 Å². The number of carbonyl (C=O) groups excluding carboxylic acids is 1. The fraction of sp³-hybridized carbons (Fsp3) is 0.562. The first-order valence-electron chi connectivity index (χ1n) is 7.25. The van der Waals surface area contributed by atoms with Gasteiger partial charge in [-0.15, -0.1) is 12.4 Å². The number of ether oxygens (including phenoxy) is 1. The van der Waals surface area contributed by atoms with Crippen molar-refractivity contribution >= 4 is 34.3 Å². The third kappa shape index (κ3) is 5.88. The van der Waals surface area contributed by atoms with Crippen molar-refractivity contribution in [2.24, 2.45) is 5.41 Å². The first kappa shape index (κ1) is 19.4. The lowest BCUT2D eigenvalue weighted by atomic mass is 9.89. The zero-order valence-corrected chi connectivity index (χ0v) is 15.5. The number of methoxy groups -OCH3 is 1. The molecule has 1 heterocycles. The van der Waals surface area contributed by atoms with Crippen LogP contribution in [0.2, 0.25) is 0 Å². The number of hydrogen-bond acceptors (Lipinski definition) is 4. The van der Waals surface area contributed by atoms with E-state index in [1.807, 2.05) is 12.1 Å². The van der Waals surface area contributed by atoms with Crippen LogP contribution in [0, 0.1) is 5.41 Å². The standard InChI is InChI=1S/C16H23BrN2O2.ClH/c1-16(6-7-18-11-16)12-19(10-15(20)21-2)9-13-4-3-5-14(17)8-13;/h3-5,8,18H,6-7,9-12H2,1-2H3;1H. The summed E-state index contributed by atoms with van der Waals surface area (Å²) in [6, 6.07) is 8.22. The maximum atomic E-state index is 11.7. The number of nitrogens with one attached hydrogen (secondary N) is 1. The van der Waals surface area contributed by atoms with Gasteiger partial charge in [0.15, 0.2) is 0 Å². The number of nitrogens with zero attached hydrogens (tertiary/aromatic N) is 1. The number of halogens is 2. The Kier molecular flexibility index (Phi) is 7.83. The highest BCUT2D eigenvalue weighted by Gasteiger charge is 2.31. The van der Waals surface area contributed by atoms with Gasteiger partial charge in [0.1, 0.15) is 0 Å². The van der Waals surface area contributed by atoms with Gasteiger partial charge in [-0.25, -0.2) is 0 Å². The number of rotatable bonds is 6. The molecule has 1 fully saturated rings. The van der Waals surface area contributed by atoms with Crippen molar-refractivity contribution in [2.75, 3.05) is 33.3 Å². The quantitative estimate of drug-likeness (QED) is 0.757. The highest BCUT2D eigenvalue weighted by atomic mass is 79.9. The molecular weight excluding hydrogens is 368 g/mol. The summed E-state index contributed by atoms with van der Waals surface area (Å²) in [5.74, 6) is -0.181. The molecule has 1 saturated heterocycles. The van der Waals surface area contributed by atoms with Crippen molar-refractivity contribution in [2.45, 2.75) is 19.9 Å². The highest BCUT2D eigenvalue weighted by Crippen LogP contribution is 2.26. The van der Waals surface area contributed by atoms with Crippen LogP contribution in [-0.4, -0.2) is 44.2 Å². The Morgan fingerprint density at radius 3 is 2.86 bits per heavy atom. The molecule has 2 rings (SSSR count). The van der Waals surface area contributed by atoms with Crippen molar-refractivity contribution in [3.8, 4) is 0 Å². The molecule has 0 aromatic heterocycles. The minimum Gasteiger partial charge on any atom is -0.468 e. The third-order valence-corrected chi connectivity index (χ3v) is 4.43. The summed E-state index contributed by atoms with van der Waals surface area (Å²) in [4.78, 5) is 13.8. The number of esters is 1. The topological polar surface area (TPSA) is 41.6 Å². The second kappa shape index (κ2) is 8.87. The third-order valence-electron chi connectivity index (χ3n) is 3.94. The first-order valence-corrected chi connectivity index (χ1v) is 8.04. The molecule has 1 aromatic carbocycles. The van der Waals surface area contributed by atoms with Crippen LogP contribution >= 0.6 is 28.3 Å². The Bertz CT molecular complexity index is 493. The number of hydrogen-bond donors (Lipinski definition) is 1. The average molecular weight is 392 g/mol. The predicted molar refractivity (Wildman–Crippen MR) is 94.3 cm³/mol. The van der Waals surface area contributed by atoms with Gasteiger partial charge in [0, 0.05) is 24.1 Å². The maximum Gasteiger partial charge on any atom is 0.319 e. The van der Waals surface area contributed by atoms with Gasteiger partial charge in [-0.2, -0.15) is 0 Å². The summed E-state index contributed by atoms with van der Waals surface area (Å²) < 4.78 is 5.90. The van der Waals surface area contributed by atoms with Crippen molar-refractivity contribution in [3.05, 3.63) is 34.3 Å². The summed E-state index contributed by atoms with van der Waals surface area (Å²) in [6.45, 7) is 6.31. The van der Waals surface area contributed by atoms with Crippen LogP contribution < -0.4 is 5.32 Å². The molecule has 0 aliphatic carbocycles. The molecule has 1 unspecified atom stereocenters.